The van der Waals surface area contributed by atoms with Gasteiger partial charge in [-0.2, -0.15) is 13.2 Å². The minimum Gasteiger partial charge on any atom is -0.473 e. The summed E-state index contributed by atoms with van der Waals surface area (Å²) in [5.41, 5.74) is -1.09. The molecule has 1 aliphatic heterocycles. The summed E-state index contributed by atoms with van der Waals surface area (Å²) in [4.78, 5) is 30.0. The lowest BCUT2D eigenvalue weighted by atomic mass is 9.93. The largest absolute Gasteiger partial charge is 0.473 e. The average Bonchev–Trinajstić information content (AvgIpc) is 2.80. The molecule has 0 unspecified atom stereocenters. The van der Waals surface area contributed by atoms with Crippen LogP contribution in [-0.4, -0.2) is 47.7 Å². The third-order valence-electron chi connectivity index (χ3n) is 5.52. The van der Waals surface area contributed by atoms with Crippen molar-refractivity contribution in [3.8, 4) is 5.88 Å². The van der Waals surface area contributed by atoms with Crippen molar-refractivity contribution in [3.63, 3.8) is 0 Å². The van der Waals surface area contributed by atoms with Gasteiger partial charge in [0, 0.05) is 36.3 Å². The monoisotopic (exact) mass is 494 g/mol. The number of amides is 1. The highest BCUT2D eigenvalue weighted by atomic mass is 19.4. The van der Waals surface area contributed by atoms with Gasteiger partial charge in [0.1, 0.15) is 12.2 Å². The molecular formula is C25H29F3N2O5. The molecule has 35 heavy (non-hydrogen) atoms. The Kier molecular flexibility index (Phi) is 7.92. The molecule has 0 saturated carbocycles. The number of alkyl halides is 3. The molecule has 2 heterocycles. The van der Waals surface area contributed by atoms with Gasteiger partial charge in [-0.05, 0) is 51.8 Å². The smallest absolute Gasteiger partial charge is 0.416 e. The fourth-order valence-corrected chi connectivity index (χ4v) is 3.79. The zero-order valence-corrected chi connectivity index (χ0v) is 20.1. The first-order chi connectivity index (χ1) is 16.4. The molecule has 0 atom stereocenters. The molecule has 0 spiro atoms. The van der Waals surface area contributed by atoms with Gasteiger partial charge in [0.15, 0.2) is 0 Å². The van der Waals surface area contributed by atoms with Crippen LogP contribution in [0.1, 0.15) is 66.7 Å². The highest BCUT2D eigenvalue weighted by Gasteiger charge is 2.34. The quantitative estimate of drug-likeness (QED) is 0.505. The maximum Gasteiger partial charge on any atom is 0.416 e. The number of nitrogens with zero attached hydrogens (tertiary/aromatic N) is 2. The van der Waals surface area contributed by atoms with E-state index >= 15 is 0 Å². The number of halogens is 3. The second kappa shape index (κ2) is 10.5. The molecule has 10 heteroatoms. The zero-order valence-electron chi connectivity index (χ0n) is 20.1. The molecule has 190 valence electrons. The number of aromatic nitrogens is 1. The van der Waals surface area contributed by atoms with Crippen LogP contribution in [0.2, 0.25) is 0 Å². The van der Waals surface area contributed by atoms with Gasteiger partial charge in [0.05, 0.1) is 18.2 Å². The summed E-state index contributed by atoms with van der Waals surface area (Å²) in [6.07, 6.45) is -3.65. The number of piperidine rings is 1. The van der Waals surface area contributed by atoms with Gasteiger partial charge in [0.2, 0.25) is 5.88 Å². The highest BCUT2D eigenvalue weighted by molar-refractivity contribution is 5.89. The van der Waals surface area contributed by atoms with Gasteiger partial charge in [-0.25, -0.2) is 14.6 Å². The van der Waals surface area contributed by atoms with Gasteiger partial charge in [-0.3, -0.25) is 0 Å². The summed E-state index contributed by atoms with van der Waals surface area (Å²) in [6.45, 7) is 6.13. The predicted octanol–water partition coefficient (Wildman–Crippen LogP) is 5.58. The van der Waals surface area contributed by atoms with E-state index in [4.69, 9.17) is 9.47 Å². The standard InChI is InChI=1S/C25H29F3N2O5/c1-24(2,3)35-23(32)30-12-10-16(11-13-30)20-6-5-7-21(29-20)34-15-18-9-8-17(22(31)33-4)14-19(18)25(26,27)28/h5-9,14,16H,10-13,15H2,1-4H3. The third-order valence-corrected chi connectivity index (χ3v) is 5.52. The number of rotatable bonds is 5. The Balaban J connectivity index is 1.66. The Labute approximate surface area is 202 Å². The summed E-state index contributed by atoms with van der Waals surface area (Å²) in [5, 5.41) is 0. The number of methoxy groups -OCH3 is 1. The third kappa shape index (κ3) is 7.10. The molecule has 0 aliphatic carbocycles. The van der Waals surface area contributed by atoms with E-state index in [2.05, 4.69) is 9.72 Å². The first-order valence-electron chi connectivity index (χ1n) is 11.2. The van der Waals surface area contributed by atoms with Gasteiger partial charge in [-0.1, -0.05) is 12.1 Å². The van der Waals surface area contributed by atoms with E-state index in [-0.39, 0.29) is 35.6 Å². The lowest BCUT2D eigenvalue weighted by Crippen LogP contribution is -2.41. The SMILES string of the molecule is COC(=O)c1ccc(COc2cccc(C3CCN(C(=O)OC(C)(C)C)CC3)n2)c(C(F)(F)F)c1. The summed E-state index contributed by atoms with van der Waals surface area (Å²) < 4.78 is 56.2. The van der Waals surface area contributed by atoms with E-state index < -0.39 is 23.3 Å². The summed E-state index contributed by atoms with van der Waals surface area (Å²) in [7, 11) is 1.10. The topological polar surface area (TPSA) is 78.0 Å². The van der Waals surface area contributed by atoms with E-state index in [1.54, 1.807) is 17.0 Å². The van der Waals surface area contributed by atoms with Crippen molar-refractivity contribution in [2.75, 3.05) is 20.2 Å². The van der Waals surface area contributed by atoms with Gasteiger partial charge in [0.25, 0.3) is 0 Å². The van der Waals surface area contributed by atoms with Crippen LogP contribution in [0.4, 0.5) is 18.0 Å². The van der Waals surface area contributed by atoms with Crippen LogP contribution in [0.25, 0.3) is 0 Å². The molecule has 1 aromatic carbocycles. The Morgan fingerprint density at radius 3 is 2.37 bits per heavy atom. The number of likely N-dealkylation sites (tertiary alicyclic amines) is 1. The number of hydrogen-bond acceptors (Lipinski definition) is 6. The van der Waals surface area contributed by atoms with Crippen molar-refractivity contribution in [2.24, 2.45) is 0 Å². The van der Waals surface area contributed by atoms with Crippen molar-refractivity contribution in [3.05, 3.63) is 58.8 Å². The van der Waals surface area contributed by atoms with Crippen LogP contribution in [0, 0.1) is 0 Å². The Bertz CT molecular complexity index is 1060. The van der Waals surface area contributed by atoms with E-state index in [9.17, 15) is 22.8 Å². The van der Waals surface area contributed by atoms with Crippen molar-refractivity contribution < 1.29 is 37.0 Å². The Hall–Kier alpha value is -3.30. The Morgan fingerprint density at radius 1 is 1.09 bits per heavy atom. The number of carbonyl (C=O) groups excluding carboxylic acids is 2. The lowest BCUT2D eigenvalue weighted by Gasteiger charge is -2.33. The first kappa shape index (κ1) is 26.3. The van der Waals surface area contributed by atoms with Gasteiger partial charge >= 0.3 is 18.2 Å². The van der Waals surface area contributed by atoms with E-state index in [1.165, 1.54) is 12.1 Å². The number of esters is 1. The van der Waals surface area contributed by atoms with Crippen LogP contribution in [0.3, 0.4) is 0 Å². The first-order valence-corrected chi connectivity index (χ1v) is 11.2. The summed E-state index contributed by atoms with van der Waals surface area (Å²) in [6, 6.07) is 8.38. The van der Waals surface area contributed by atoms with Crippen molar-refractivity contribution in [1.29, 1.82) is 0 Å². The summed E-state index contributed by atoms with van der Waals surface area (Å²) >= 11 is 0. The molecule has 7 nitrogen and oxygen atoms in total. The molecule has 0 radical (unpaired) electrons. The van der Waals surface area contributed by atoms with Crippen LogP contribution >= 0.6 is 0 Å². The van der Waals surface area contributed by atoms with Gasteiger partial charge < -0.3 is 19.1 Å². The zero-order chi connectivity index (χ0) is 25.8. The number of benzene rings is 1. The number of ether oxygens (including phenoxy) is 3. The van der Waals surface area contributed by atoms with Crippen LogP contribution in [0.5, 0.6) is 5.88 Å². The highest BCUT2D eigenvalue weighted by Crippen LogP contribution is 2.34. The molecule has 1 fully saturated rings. The molecule has 1 aliphatic rings. The van der Waals surface area contributed by atoms with Crippen LogP contribution in [-0.2, 0) is 22.3 Å². The molecule has 0 bridgehead atoms. The average molecular weight is 495 g/mol. The second-order valence-corrected chi connectivity index (χ2v) is 9.29. The van der Waals surface area contributed by atoms with E-state index in [1.807, 2.05) is 26.8 Å². The molecule has 1 amide bonds. The van der Waals surface area contributed by atoms with E-state index in [0.717, 1.165) is 18.9 Å². The normalized spacial score (nSPS) is 15.0. The van der Waals surface area contributed by atoms with Crippen molar-refractivity contribution in [2.45, 2.75) is 57.9 Å². The molecule has 1 aromatic heterocycles. The van der Waals surface area contributed by atoms with Crippen molar-refractivity contribution >= 4 is 12.1 Å². The van der Waals surface area contributed by atoms with Crippen LogP contribution in [0.15, 0.2) is 36.4 Å². The number of hydrogen-bond donors (Lipinski definition) is 0. The second-order valence-electron chi connectivity index (χ2n) is 9.29. The molecule has 0 N–H and O–H groups in total. The molecule has 1 saturated heterocycles. The maximum atomic E-state index is 13.5. The summed E-state index contributed by atoms with van der Waals surface area (Å²) in [5.74, 6) is -0.570. The fourth-order valence-electron chi connectivity index (χ4n) is 3.79. The molecular weight excluding hydrogens is 465 g/mol. The lowest BCUT2D eigenvalue weighted by molar-refractivity contribution is -0.138. The fraction of sp³-hybridized carbons (Fsp3) is 0.480. The number of pyridine rings is 1. The van der Waals surface area contributed by atoms with Crippen LogP contribution < -0.4 is 4.74 Å². The molecule has 3 rings (SSSR count). The van der Waals surface area contributed by atoms with Crippen molar-refractivity contribution in [1.82, 2.24) is 9.88 Å². The molecule has 2 aromatic rings. The Morgan fingerprint density at radius 2 is 1.77 bits per heavy atom. The minimum absolute atomic E-state index is 0.0855. The number of carbonyl (C=O) groups is 2. The minimum atomic E-state index is -4.67. The maximum absolute atomic E-state index is 13.5. The van der Waals surface area contributed by atoms with Gasteiger partial charge in [-0.15, -0.1) is 0 Å². The predicted molar refractivity (Wildman–Crippen MR) is 121 cm³/mol. The van der Waals surface area contributed by atoms with E-state index in [0.29, 0.717) is 25.9 Å².